The number of benzene rings is 1. The summed E-state index contributed by atoms with van der Waals surface area (Å²) in [6, 6.07) is 9.51. The van der Waals surface area contributed by atoms with Crippen molar-refractivity contribution in [1.82, 2.24) is 0 Å². The maximum atomic E-state index is 11.7. The molecule has 0 aliphatic heterocycles. The van der Waals surface area contributed by atoms with E-state index in [1.54, 1.807) is 23.5 Å². The van der Waals surface area contributed by atoms with Crippen molar-refractivity contribution in [2.45, 2.75) is 26.8 Å². The Morgan fingerprint density at radius 1 is 1.33 bits per heavy atom. The molecule has 0 saturated carbocycles. The van der Waals surface area contributed by atoms with E-state index in [0.29, 0.717) is 12.2 Å². The van der Waals surface area contributed by atoms with Gasteiger partial charge in [-0.25, -0.2) is 4.79 Å². The van der Waals surface area contributed by atoms with Gasteiger partial charge in [-0.2, -0.15) is 0 Å². The summed E-state index contributed by atoms with van der Waals surface area (Å²) in [5, 5.41) is 3.35. The predicted molar refractivity (Wildman–Crippen MR) is 91.1 cm³/mol. The van der Waals surface area contributed by atoms with Crippen LogP contribution in [0.15, 0.2) is 34.8 Å². The van der Waals surface area contributed by atoms with Gasteiger partial charge in [-0.1, -0.05) is 6.92 Å². The number of carbonyl (C=O) groups is 1. The van der Waals surface area contributed by atoms with E-state index in [-0.39, 0.29) is 5.97 Å². The first-order valence-corrected chi connectivity index (χ1v) is 8.47. The quantitative estimate of drug-likeness (QED) is 0.730. The summed E-state index contributed by atoms with van der Waals surface area (Å²) < 4.78 is 6.25. The van der Waals surface area contributed by atoms with Crippen LogP contribution in [0.1, 0.15) is 33.5 Å². The predicted octanol–water partition coefficient (Wildman–Crippen LogP) is 5.00. The molecule has 0 radical (unpaired) electrons. The zero-order valence-electron chi connectivity index (χ0n) is 12.1. The molecule has 1 N–H and O–H groups in total. The van der Waals surface area contributed by atoms with E-state index in [0.717, 1.165) is 23.1 Å². The number of aryl methyl sites for hydroxylation is 1. The first-order chi connectivity index (χ1) is 10.1. The third-order valence-electron chi connectivity index (χ3n) is 2.93. The molecule has 3 nitrogen and oxygen atoms in total. The highest BCUT2D eigenvalue weighted by Crippen LogP contribution is 2.26. The molecular weight excluding hydrogens is 350 g/mol. The van der Waals surface area contributed by atoms with E-state index in [1.807, 2.05) is 19.1 Å². The van der Waals surface area contributed by atoms with Crippen LogP contribution < -0.4 is 5.32 Å². The second-order valence-corrected chi connectivity index (χ2v) is 6.88. The highest BCUT2D eigenvalue weighted by atomic mass is 79.9. The molecule has 1 aromatic carbocycles. The zero-order chi connectivity index (χ0) is 15.2. The van der Waals surface area contributed by atoms with Crippen LogP contribution in [0.25, 0.3) is 0 Å². The van der Waals surface area contributed by atoms with Crippen LogP contribution in [0, 0.1) is 6.92 Å². The summed E-state index contributed by atoms with van der Waals surface area (Å²) in [5.41, 5.74) is 1.58. The van der Waals surface area contributed by atoms with Crippen LogP contribution in [0.2, 0.25) is 0 Å². The molecule has 2 rings (SSSR count). The second kappa shape index (κ2) is 7.61. The lowest BCUT2D eigenvalue weighted by atomic mass is 10.2. The third-order valence-corrected chi connectivity index (χ3v) is 5.07. The number of thiophene rings is 1. The highest BCUT2D eigenvalue weighted by Gasteiger charge is 2.06. The monoisotopic (exact) mass is 367 g/mol. The van der Waals surface area contributed by atoms with Crippen molar-refractivity contribution in [1.29, 1.82) is 0 Å². The molecule has 1 aromatic heterocycles. The maximum Gasteiger partial charge on any atom is 0.338 e. The minimum atomic E-state index is -0.263. The van der Waals surface area contributed by atoms with Gasteiger partial charge in [-0.3, -0.25) is 0 Å². The number of ether oxygens (including phenoxy) is 1. The van der Waals surface area contributed by atoms with Crippen LogP contribution in [-0.4, -0.2) is 12.6 Å². The first kappa shape index (κ1) is 16.0. The van der Waals surface area contributed by atoms with Crippen LogP contribution in [0.5, 0.6) is 0 Å². The molecule has 21 heavy (non-hydrogen) atoms. The van der Waals surface area contributed by atoms with Crippen molar-refractivity contribution < 1.29 is 9.53 Å². The minimum Gasteiger partial charge on any atom is -0.462 e. The molecular formula is C16H18BrNO2S. The molecule has 0 unspecified atom stereocenters. The first-order valence-electron chi connectivity index (χ1n) is 6.86. The van der Waals surface area contributed by atoms with Crippen LogP contribution in [0.3, 0.4) is 0 Å². The van der Waals surface area contributed by atoms with Crippen molar-refractivity contribution in [3.05, 3.63) is 50.1 Å². The van der Waals surface area contributed by atoms with Gasteiger partial charge in [0.2, 0.25) is 0 Å². The lowest BCUT2D eigenvalue weighted by molar-refractivity contribution is 0.0505. The summed E-state index contributed by atoms with van der Waals surface area (Å²) in [6.07, 6.45) is 0.834. The topological polar surface area (TPSA) is 38.3 Å². The Kier molecular flexibility index (Phi) is 5.82. The SMILES string of the molecule is CCCOC(=O)c1ccc(NCc2cc(Br)c(C)s2)cc1. The molecule has 1 heterocycles. The van der Waals surface area contributed by atoms with Gasteiger partial charge in [0.1, 0.15) is 0 Å². The van der Waals surface area contributed by atoms with E-state index in [1.165, 1.54) is 9.75 Å². The second-order valence-electron chi connectivity index (χ2n) is 4.68. The molecule has 0 atom stereocenters. The van der Waals surface area contributed by atoms with Gasteiger partial charge in [-0.05, 0) is 59.6 Å². The molecule has 2 aromatic rings. The number of anilines is 1. The number of carbonyl (C=O) groups excluding carboxylic acids is 1. The van der Waals surface area contributed by atoms with E-state index in [9.17, 15) is 4.79 Å². The Morgan fingerprint density at radius 3 is 2.62 bits per heavy atom. The average molecular weight is 368 g/mol. The molecule has 0 aliphatic rings. The van der Waals surface area contributed by atoms with Gasteiger partial charge in [0.25, 0.3) is 0 Å². The molecule has 5 heteroatoms. The Morgan fingerprint density at radius 2 is 2.05 bits per heavy atom. The summed E-state index contributed by atoms with van der Waals surface area (Å²) in [5.74, 6) is -0.263. The molecule has 0 aliphatic carbocycles. The third kappa shape index (κ3) is 4.58. The number of nitrogens with one attached hydrogen (secondary N) is 1. The van der Waals surface area contributed by atoms with E-state index in [2.05, 4.69) is 34.2 Å². The molecule has 0 bridgehead atoms. The Balaban J connectivity index is 1.91. The van der Waals surface area contributed by atoms with Crippen molar-refractivity contribution in [3.63, 3.8) is 0 Å². The minimum absolute atomic E-state index is 0.263. The molecule has 112 valence electrons. The smallest absolute Gasteiger partial charge is 0.338 e. The fourth-order valence-corrected chi connectivity index (χ4v) is 3.34. The normalized spacial score (nSPS) is 10.4. The number of esters is 1. The fourth-order valence-electron chi connectivity index (χ4n) is 1.80. The molecule has 0 amide bonds. The molecule has 0 spiro atoms. The summed E-state index contributed by atoms with van der Waals surface area (Å²) in [4.78, 5) is 14.2. The van der Waals surface area contributed by atoms with Gasteiger partial charge in [0, 0.05) is 26.5 Å². The van der Waals surface area contributed by atoms with Crippen molar-refractivity contribution in [2.75, 3.05) is 11.9 Å². The zero-order valence-corrected chi connectivity index (χ0v) is 14.5. The number of hydrogen-bond acceptors (Lipinski definition) is 4. The fraction of sp³-hybridized carbons (Fsp3) is 0.312. The lowest BCUT2D eigenvalue weighted by Crippen LogP contribution is -2.06. The van der Waals surface area contributed by atoms with E-state index >= 15 is 0 Å². The van der Waals surface area contributed by atoms with Crippen LogP contribution in [0.4, 0.5) is 5.69 Å². The van der Waals surface area contributed by atoms with E-state index < -0.39 is 0 Å². The Labute approximate surface area is 137 Å². The van der Waals surface area contributed by atoms with Gasteiger partial charge in [-0.15, -0.1) is 11.3 Å². The Hall–Kier alpha value is -1.33. The van der Waals surface area contributed by atoms with Gasteiger partial charge in [0.05, 0.1) is 12.2 Å². The lowest BCUT2D eigenvalue weighted by Gasteiger charge is -2.06. The summed E-state index contributed by atoms with van der Waals surface area (Å²) in [6.45, 7) is 5.31. The van der Waals surface area contributed by atoms with Crippen LogP contribution >= 0.6 is 27.3 Å². The largest absolute Gasteiger partial charge is 0.462 e. The molecule has 0 saturated heterocycles. The maximum absolute atomic E-state index is 11.7. The Bertz CT molecular complexity index is 588. The van der Waals surface area contributed by atoms with Crippen LogP contribution in [-0.2, 0) is 11.3 Å². The standard InChI is InChI=1S/C16H18BrNO2S/c1-3-8-20-16(19)12-4-6-13(7-5-12)18-10-14-9-15(17)11(2)21-14/h4-7,9,18H,3,8,10H2,1-2H3. The van der Waals surface area contributed by atoms with Gasteiger partial charge < -0.3 is 10.1 Å². The van der Waals surface area contributed by atoms with E-state index in [4.69, 9.17) is 4.74 Å². The summed E-state index contributed by atoms with van der Waals surface area (Å²) >= 11 is 5.29. The number of hydrogen-bond donors (Lipinski definition) is 1. The van der Waals surface area contributed by atoms with Gasteiger partial charge in [0.15, 0.2) is 0 Å². The van der Waals surface area contributed by atoms with Crippen molar-refractivity contribution in [3.8, 4) is 0 Å². The average Bonchev–Trinajstić information content (AvgIpc) is 2.82. The van der Waals surface area contributed by atoms with Crippen molar-refractivity contribution in [2.24, 2.45) is 0 Å². The summed E-state index contributed by atoms with van der Waals surface area (Å²) in [7, 11) is 0. The van der Waals surface area contributed by atoms with Crippen molar-refractivity contribution >= 4 is 38.9 Å². The highest BCUT2D eigenvalue weighted by molar-refractivity contribution is 9.10. The molecule has 0 fully saturated rings. The number of rotatable bonds is 6. The number of halogens is 1. The van der Waals surface area contributed by atoms with Gasteiger partial charge >= 0.3 is 5.97 Å².